The van der Waals surface area contributed by atoms with Crippen LogP contribution >= 0.6 is 88.1 Å². The minimum absolute atomic E-state index is 0.138. The molecule has 1 aliphatic rings. The molecule has 17 heteroatoms. The third-order valence-corrected chi connectivity index (χ3v) is 20.3. The molecule has 0 aliphatic carbocycles. The third kappa shape index (κ3) is 15.8. The average Bonchev–Trinajstić information content (AvgIpc) is 3.53. The first kappa shape index (κ1) is 61.9. The molecule has 0 saturated heterocycles. The Morgan fingerprint density at radius 1 is 0.425 bits per heavy atom. The van der Waals surface area contributed by atoms with Gasteiger partial charge in [-0.2, -0.15) is 0 Å². The van der Waals surface area contributed by atoms with Crippen molar-refractivity contribution in [2.75, 3.05) is 4.90 Å². The summed E-state index contributed by atoms with van der Waals surface area (Å²) in [5.41, 5.74) is 9.81. The van der Waals surface area contributed by atoms with Crippen molar-refractivity contribution in [3.05, 3.63) is 271 Å². The van der Waals surface area contributed by atoms with E-state index in [1.165, 1.54) is 44.4 Å². The number of pyridine rings is 4. The van der Waals surface area contributed by atoms with Gasteiger partial charge in [0.1, 0.15) is 0 Å². The number of rotatable bonds is 7. The predicted octanol–water partition coefficient (Wildman–Crippen LogP) is 18.5. The number of hydrogen-bond donors (Lipinski definition) is 1. The molecule has 408 valence electrons. The molecule has 9 nitrogen and oxygen atoms in total. The molecular weight excluding hydrogens is 1340 g/mol. The Labute approximate surface area is 513 Å². The van der Waals surface area contributed by atoms with Crippen molar-refractivity contribution in [2.24, 2.45) is 0 Å². The van der Waals surface area contributed by atoms with Gasteiger partial charge in [-0.3, -0.25) is 19.9 Å². The molecule has 0 amide bonds. The van der Waals surface area contributed by atoms with Crippen LogP contribution < -0.4 is 4.90 Å². The Kier molecular flexibility index (Phi) is 21.9. The topological polar surface area (TPSA) is 123 Å². The molecule has 4 aromatic heterocycles. The highest BCUT2D eigenvalue weighted by atomic mass is 79.9. The quantitative estimate of drug-likeness (QED) is 0.154. The van der Waals surface area contributed by atoms with Gasteiger partial charge in [0.05, 0.1) is 31.0 Å². The second kappa shape index (κ2) is 28.3. The minimum atomic E-state index is -3.63. The van der Waals surface area contributed by atoms with E-state index in [9.17, 15) is 16.8 Å². The van der Waals surface area contributed by atoms with E-state index in [0.29, 0.717) is 0 Å². The van der Waals surface area contributed by atoms with Crippen LogP contribution in [0.2, 0.25) is 0 Å². The molecule has 11 rings (SSSR count). The van der Waals surface area contributed by atoms with Gasteiger partial charge in [0.25, 0.3) is 0 Å². The largest absolute Gasteiger partial charge is 0.310 e. The van der Waals surface area contributed by atoms with Crippen LogP contribution in [-0.2, 0) is 25.1 Å². The number of aryl methyl sites for hydroxylation is 4. The zero-order valence-electron chi connectivity index (χ0n) is 44.3. The van der Waals surface area contributed by atoms with Crippen LogP contribution in [0.25, 0.3) is 0 Å². The number of para-hydroxylation sites is 2. The second-order valence-electron chi connectivity index (χ2n) is 18.5. The Hall–Kier alpha value is -5.76. The molecule has 0 N–H and O–H groups in total. The number of fused-ring (bicyclic) bond motifs is 2. The molecule has 1 aliphatic heterocycles. The first-order valence-corrected chi connectivity index (χ1v) is 32.1. The lowest BCUT2D eigenvalue weighted by atomic mass is 9.73. The fourth-order valence-electron chi connectivity index (χ4n) is 8.23. The van der Waals surface area contributed by atoms with Crippen molar-refractivity contribution < 1.29 is 16.8 Å². The Bertz CT molecular complexity index is 3890. The molecule has 0 spiro atoms. The van der Waals surface area contributed by atoms with Crippen LogP contribution in [-0.4, -0.2) is 36.8 Å². The fourth-order valence-corrected chi connectivity index (χ4v) is 13.1. The van der Waals surface area contributed by atoms with E-state index in [1.807, 2.05) is 68.6 Å². The summed E-state index contributed by atoms with van der Waals surface area (Å²) in [6.07, 6.45) is 12.9. The predicted molar refractivity (Wildman–Crippen MR) is 342 cm³/mol. The highest BCUT2D eigenvalue weighted by molar-refractivity contribution is 9.11. The van der Waals surface area contributed by atoms with Crippen LogP contribution in [0.15, 0.2) is 272 Å². The van der Waals surface area contributed by atoms with E-state index < -0.39 is 19.7 Å². The molecule has 0 atom stereocenters. The van der Waals surface area contributed by atoms with Crippen molar-refractivity contribution in [2.45, 2.75) is 81.2 Å². The van der Waals surface area contributed by atoms with E-state index in [-0.39, 0.29) is 25.0 Å². The number of benzene rings is 6. The molecule has 0 fully saturated rings. The molecule has 5 heterocycles. The summed E-state index contributed by atoms with van der Waals surface area (Å²) in [5.74, 6) is 0. The van der Waals surface area contributed by atoms with E-state index in [4.69, 9.17) is 0 Å². The highest BCUT2D eigenvalue weighted by Gasteiger charge is 2.37. The maximum absolute atomic E-state index is 13.1. The van der Waals surface area contributed by atoms with Crippen molar-refractivity contribution in [3.63, 3.8) is 0 Å². The summed E-state index contributed by atoms with van der Waals surface area (Å²) in [4.78, 5) is 22.2. The zero-order chi connectivity index (χ0) is 57.6. The van der Waals surface area contributed by atoms with Crippen LogP contribution in [0.5, 0.6) is 0 Å². The van der Waals surface area contributed by atoms with E-state index in [2.05, 4.69) is 196 Å². The Balaban J connectivity index is 0.000000162. The molecule has 6 aromatic carbocycles. The molecule has 0 saturated carbocycles. The molecular formula is C63H55Br4N5O4S4. The lowest BCUT2D eigenvalue weighted by Crippen LogP contribution is -2.30. The van der Waals surface area contributed by atoms with Gasteiger partial charge in [-0.1, -0.05) is 126 Å². The molecule has 80 heavy (non-hydrogen) atoms. The van der Waals surface area contributed by atoms with Crippen LogP contribution in [0.3, 0.4) is 0 Å². The fraction of sp³-hybridized carbons (Fsp3) is 0.111. The number of sulfone groups is 2. The standard InChI is InChI=1S/C27H24N2O2S.C12H10BrNO2S.C12H10BrNS.C7H6Br2.C5H5NS/c1-19-17-20(32(30,31)21-9-8-16-28-18-21)14-15-24(19)29-25-12-6-4-10-22(25)27(2,3)23-11-5-7-13-26(23)29;1-9-7-10(4-5-12(9)13)17(15,16)11-3-2-6-14-8-11;1-9-7-10(4-5-12(9)13)15-11-3-2-6-14-8-11;1-5-4-6(8)2-3-7(5)9;7-5-2-1-3-6-4-5/h4-18H,1-3H3;2-8H,1H3;2-8H,1H3;2-4H,1H3;1-4,7H. The van der Waals surface area contributed by atoms with Crippen molar-refractivity contribution in [1.29, 1.82) is 0 Å². The summed E-state index contributed by atoms with van der Waals surface area (Å²) >= 11 is 19.4. The van der Waals surface area contributed by atoms with Crippen LogP contribution in [0, 0.1) is 27.7 Å². The van der Waals surface area contributed by atoms with E-state index >= 15 is 0 Å². The number of aromatic nitrogens is 4. The molecule has 0 radical (unpaired) electrons. The first-order chi connectivity index (χ1) is 38.2. The van der Waals surface area contributed by atoms with Gasteiger partial charge in [0.2, 0.25) is 19.7 Å². The first-order valence-electron chi connectivity index (χ1n) is 24.7. The summed E-state index contributed by atoms with van der Waals surface area (Å²) in [5, 5.41) is 0. The normalized spacial score (nSPS) is 12.0. The van der Waals surface area contributed by atoms with E-state index in [0.717, 1.165) is 51.0 Å². The summed E-state index contributed by atoms with van der Waals surface area (Å²) in [6.45, 7) is 12.5. The number of halogens is 4. The lowest BCUT2D eigenvalue weighted by Gasteiger charge is -2.42. The Morgan fingerprint density at radius 3 is 1.30 bits per heavy atom. The van der Waals surface area contributed by atoms with Crippen LogP contribution in [0.4, 0.5) is 17.1 Å². The maximum atomic E-state index is 13.1. The SMILES string of the molecule is Cc1cc(Br)ccc1Br.Cc1cc(S(=O)(=O)c2cccnc2)ccc1Br.Cc1cc(S(=O)(=O)c2cccnc2)ccc1N1c2ccccc2C(C)(C)c2ccccc21.Cc1cc(Sc2cccnc2)ccc1Br.Sc1cccnc1. The second-order valence-corrected chi connectivity index (χ2v) is 27.6. The van der Waals surface area contributed by atoms with Gasteiger partial charge in [0, 0.05) is 93.3 Å². The minimum Gasteiger partial charge on any atom is -0.310 e. The summed E-state index contributed by atoms with van der Waals surface area (Å²) in [7, 11) is -7.09. The van der Waals surface area contributed by atoms with Crippen molar-refractivity contribution in [3.8, 4) is 0 Å². The van der Waals surface area contributed by atoms with Gasteiger partial charge in [-0.05, 0) is 195 Å². The molecule has 0 bridgehead atoms. The van der Waals surface area contributed by atoms with Crippen molar-refractivity contribution >= 4 is 125 Å². The van der Waals surface area contributed by atoms with E-state index in [1.54, 1.807) is 97.3 Å². The zero-order valence-corrected chi connectivity index (χ0v) is 54.0. The molecule has 0 unspecified atom stereocenters. The number of hydrogen-bond acceptors (Lipinski definition) is 11. The summed E-state index contributed by atoms with van der Waals surface area (Å²) < 4.78 is 55.0. The van der Waals surface area contributed by atoms with Gasteiger partial charge >= 0.3 is 0 Å². The van der Waals surface area contributed by atoms with Crippen LogP contribution in [0.1, 0.15) is 47.2 Å². The smallest absolute Gasteiger partial charge is 0.208 e. The molecule has 10 aromatic rings. The van der Waals surface area contributed by atoms with Gasteiger partial charge in [-0.25, -0.2) is 16.8 Å². The number of anilines is 3. The third-order valence-electron chi connectivity index (χ3n) is 12.5. The number of nitrogens with zero attached hydrogens (tertiary/aromatic N) is 5. The Morgan fingerprint density at radius 2 is 0.875 bits per heavy atom. The average molecular weight is 1390 g/mol. The number of thiol groups is 1. The van der Waals surface area contributed by atoms with Gasteiger partial charge < -0.3 is 4.90 Å². The monoisotopic (exact) mass is 1390 g/mol. The lowest BCUT2D eigenvalue weighted by molar-refractivity contribution is 0.594. The maximum Gasteiger partial charge on any atom is 0.208 e. The summed E-state index contributed by atoms with van der Waals surface area (Å²) in [6, 6.07) is 53.7. The van der Waals surface area contributed by atoms with Gasteiger partial charge in [0.15, 0.2) is 0 Å². The van der Waals surface area contributed by atoms with Gasteiger partial charge in [-0.15, -0.1) is 12.6 Å². The highest BCUT2D eigenvalue weighted by Crippen LogP contribution is 2.52. The van der Waals surface area contributed by atoms with Crippen molar-refractivity contribution in [1.82, 2.24) is 19.9 Å².